The Kier molecular flexibility index (Phi) is 7.52. The number of carbonyl (C=O) groups is 1. The van der Waals surface area contributed by atoms with Gasteiger partial charge in [-0.1, -0.05) is 36.4 Å². The van der Waals surface area contributed by atoms with Gasteiger partial charge in [0, 0.05) is 5.56 Å². The van der Waals surface area contributed by atoms with Crippen LogP contribution in [-0.2, 0) is 26.9 Å². The maximum Gasteiger partial charge on any atom is 0.416 e. The van der Waals surface area contributed by atoms with E-state index in [-0.39, 0.29) is 11.1 Å². The number of ether oxygens (including phenoxy) is 3. The third kappa shape index (κ3) is 5.68. The van der Waals surface area contributed by atoms with Crippen LogP contribution in [0.5, 0.6) is 5.75 Å². The number of rotatable bonds is 5. The molecule has 1 aliphatic heterocycles. The number of aryl methyl sites for hydroxylation is 1. The average Bonchev–Trinajstić information content (AvgIpc) is 2.89. The fourth-order valence-electron chi connectivity index (χ4n) is 4.61. The second-order valence-electron chi connectivity index (χ2n) is 10.0. The van der Waals surface area contributed by atoms with Crippen LogP contribution in [0, 0.1) is 6.57 Å². The molecule has 38 heavy (non-hydrogen) atoms. The van der Waals surface area contributed by atoms with Gasteiger partial charge in [0.15, 0.2) is 11.8 Å². The minimum Gasteiger partial charge on any atom is -0.493 e. The summed E-state index contributed by atoms with van der Waals surface area (Å²) in [6.07, 6.45) is -4.93. The van der Waals surface area contributed by atoms with Crippen molar-refractivity contribution in [3.63, 3.8) is 0 Å². The fourth-order valence-corrected chi connectivity index (χ4v) is 4.61. The largest absolute Gasteiger partial charge is 0.493 e. The monoisotopic (exact) mass is 523 g/mol. The molecule has 1 unspecified atom stereocenters. The molecule has 1 aliphatic rings. The average molecular weight is 524 g/mol. The number of fused-ring (bicyclic) bond motifs is 1. The van der Waals surface area contributed by atoms with Gasteiger partial charge in [-0.25, -0.2) is 9.64 Å². The molecule has 0 saturated heterocycles. The molecular formula is C30H28F3NO4. The van der Waals surface area contributed by atoms with Crippen molar-refractivity contribution in [3.8, 4) is 28.0 Å². The van der Waals surface area contributed by atoms with Crippen molar-refractivity contribution in [2.24, 2.45) is 0 Å². The first-order chi connectivity index (χ1) is 17.9. The summed E-state index contributed by atoms with van der Waals surface area (Å²) in [6.45, 7) is 12.8. The van der Waals surface area contributed by atoms with E-state index in [1.54, 1.807) is 57.2 Å². The lowest BCUT2D eigenvalue weighted by atomic mass is 9.84. The summed E-state index contributed by atoms with van der Waals surface area (Å²) in [6, 6.07) is 14.2. The van der Waals surface area contributed by atoms with E-state index >= 15 is 0 Å². The second-order valence-corrected chi connectivity index (χ2v) is 10.0. The zero-order valence-corrected chi connectivity index (χ0v) is 21.6. The Morgan fingerprint density at radius 2 is 1.71 bits per heavy atom. The van der Waals surface area contributed by atoms with E-state index < -0.39 is 29.4 Å². The lowest BCUT2D eigenvalue weighted by molar-refractivity contribution is -0.166. The quantitative estimate of drug-likeness (QED) is 0.252. The number of benzene rings is 3. The Morgan fingerprint density at radius 1 is 1.03 bits per heavy atom. The highest BCUT2D eigenvalue weighted by Crippen LogP contribution is 2.47. The van der Waals surface area contributed by atoms with Crippen molar-refractivity contribution >= 4 is 11.7 Å². The molecular weight excluding hydrogens is 495 g/mol. The molecule has 0 fully saturated rings. The number of methoxy groups -OCH3 is 1. The number of hydrogen-bond acceptors (Lipinski definition) is 4. The molecule has 3 aromatic rings. The maximum atomic E-state index is 14.5. The van der Waals surface area contributed by atoms with Crippen LogP contribution in [0.25, 0.3) is 27.1 Å². The zero-order valence-electron chi connectivity index (χ0n) is 21.6. The second kappa shape index (κ2) is 10.5. The van der Waals surface area contributed by atoms with Gasteiger partial charge < -0.3 is 14.2 Å². The van der Waals surface area contributed by atoms with Gasteiger partial charge in [0.05, 0.1) is 31.5 Å². The van der Waals surface area contributed by atoms with Crippen molar-refractivity contribution in [2.75, 3.05) is 13.7 Å². The van der Waals surface area contributed by atoms with E-state index in [4.69, 9.17) is 20.8 Å². The molecule has 0 saturated carbocycles. The predicted octanol–water partition coefficient (Wildman–Crippen LogP) is 7.94. The lowest BCUT2D eigenvalue weighted by Crippen LogP contribution is -2.30. The normalized spacial score (nSPS) is 14.2. The predicted molar refractivity (Wildman–Crippen MR) is 138 cm³/mol. The lowest BCUT2D eigenvalue weighted by Gasteiger charge is -2.31. The topological polar surface area (TPSA) is 49.1 Å². The number of carbonyl (C=O) groups excluding carboxylic acids is 1. The van der Waals surface area contributed by atoms with Crippen molar-refractivity contribution in [2.45, 2.75) is 51.5 Å². The highest BCUT2D eigenvalue weighted by atomic mass is 19.4. The van der Waals surface area contributed by atoms with Crippen molar-refractivity contribution in [3.05, 3.63) is 82.7 Å². The SMILES string of the molecule is [C-]#[N+]c1ccc(-c2ccc(C(F)(F)F)c(C(OC(C)(C)C)C(=O)OC)c2-c2ccc3c(c2)CCCO3)cc1. The first-order valence-corrected chi connectivity index (χ1v) is 12.2. The molecule has 8 heteroatoms. The van der Waals surface area contributed by atoms with Crippen molar-refractivity contribution in [1.29, 1.82) is 0 Å². The minimum atomic E-state index is -4.78. The molecule has 0 spiro atoms. The third-order valence-electron chi connectivity index (χ3n) is 6.20. The Hall–Kier alpha value is -3.83. The number of alkyl halides is 3. The molecule has 3 aromatic carbocycles. The number of esters is 1. The van der Waals surface area contributed by atoms with Gasteiger partial charge in [0.2, 0.25) is 0 Å². The summed E-state index contributed by atoms with van der Waals surface area (Å²) >= 11 is 0. The van der Waals surface area contributed by atoms with Gasteiger partial charge in [-0.15, -0.1) is 0 Å². The van der Waals surface area contributed by atoms with E-state index in [2.05, 4.69) is 4.85 Å². The third-order valence-corrected chi connectivity index (χ3v) is 6.20. The summed E-state index contributed by atoms with van der Waals surface area (Å²) in [4.78, 5) is 16.5. The molecule has 5 nitrogen and oxygen atoms in total. The highest BCUT2D eigenvalue weighted by Gasteiger charge is 2.42. The van der Waals surface area contributed by atoms with Gasteiger partial charge in [-0.3, -0.25) is 0 Å². The fraction of sp³-hybridized carbons (Fsp3) is 0.333. The summed E-state index contributed by atoms with van der Waals surface area (Å²) < 4.78 is 60.3. The van der Waals surface area contributed by atoms with E-state index in [0.29, 0.717) is 41.2 Å². The zero-order chi connectivity index (χ0) is 27.7. The number of nitrogens with zero attached hydrogens (tertiary/aromatic N) is 1. The smallest absolute Gasteiger partial charge is 0.416 e. The Morgan fingerprint density at radius 3 is 2.32 bits per heavy atom. The van der Waals surface area contributed by atoms with Gasteiger partial charge in [0.25, 0.3) is 0 Å². The minimum absolute atomic E-state index is 0.211. The van der Waals surface area contributed by atoms with Crippen LogP contribution in [0.15, 0.2) is 54.6 Å². The number of halogens is 3. The molecule has 0 bridgehead atoms. The summed E-state index contributed by atoms with van der Waals surface area (Å²) in [5, 5.41) is 0. The molecule has 0 aliphatic carbocycles. The molecule has 0 radical (unpaired) electrons. The van der Waals surface area contributed by atoms with Gasteiger partial charge in [0.1, 0.15) is 5.75 Å². The van der Waals surface area contributed by atoms with Gasteiger partial charge in [-0.05, 0) is 79.6 Å². The van der Waals surface area contributed by atoms with Crippen LogP contribution in [0.4, 0.5) is 18.9 Å². The Bertz CT molecular complexity index is 1380. The first-order valence-electron chi connectivity index (χ1n) is 12.2. The Labute approximate surface area is 220 Å². The molecule has 0 aromatic heterocycles. The summed E-state index contributed by atoms with van der Waals surface area (Å²) in [5.74, 6) is -0.250. The van der Waals surface area contributed by atoms with Gasteiger partial charge in [-0.2, -0.15) is 13.2 Å². The van der Waals surface area contributed by atoms with Gasteiger partial charge >= 0.3 is 12.1 Å². The molecule has 0 N–H and O–H groups in total. The van der Waals surface area contributed by atoms with E-state index in [9.17, 15) is 18.0 Å². The van der Waals surface area contributed by atoms with Crippen LogP contribution in [0.1, 0.15) is 50.0 Å². The maximum absolute atomic E-state index is 14.5. The van der Waals surface area contributed by atoms with Crippen LogP contribution in [0.2, 0.25) is 0 Å². The van der Waals surface area contributed by atoms with Crippen LogP contribution < -0.4 is 4.74 Å². The summed E-state index contributed by atoms with van der Waals surface area (Å²) in [7, 11) is 1.12. The van der Waals surface area contributed by atoms with E-state index in [1.165, 1.54) is 6.07 Å². The highest BCUT2D eigenvalue weighted by molar-refractivity contribution is 5.91. The first kappa shape index (κ1) is 27.2. The Balaban J connectivity index is 2.11. The standard InChI is InChI=1S/C30H28F3NO4/c1-29(2,3)38-27(28(35)36-5)26-23(30(31,32)33)14-13-22(18-8-11-21(34-4)12-9-18)25(26)20-10-15-24-19(17-20)7-6-16-37-24/h8-15,17,27H,6-7,16H2,1-3,5H3. The summed E-state index contributed by atoms with van der Waals surface area (Å²) in [5.41, 5.74) is 0.772. The van der Waals surface area contributed by atoms with Crippen molar-refractivity contribution in [1.82, 2.24) is 0 Å². The van der Waals surface area contributed by atoms with Crippen LogP contribution in [0.3, 0.4) is 0 Å². The van der Waals surface area contributed by atoms with Crippen LogP contribution >= 0.6 is 0 Å². The molecule has 0 amide bonds. The molecule has 198 valence electrons. The molecule has 1 heterocycles. The van der Waals surface area contributed by atoms with Crippen LogP contribution in [-0.4, -0.2) is 25.3 Å². The molecule has 1 atom stereocenters. The molecule has 4 rings (SSSR count). The van der Waals surface area contributed by atoms with Crippen molar-refractivity contribution < 1.29 is 32.2 Å². The van der Waals surface area contributed by atoms with E-state index in [0.717, 1.165) is 25.2 Å². The number of hydrogen-bond donors (Lipinski definition) is 0. The van der Waals surface area contributed by atoms with E-state index in [1.807, 2.05) is 6.07 Å².